The molecular formula is C17H22N2O. The summed E-state index contributed by atoms with van der Waals surface area (Å²) in [5, 5.41) is 4.48. The zero-order chi connectivity index (χ0) is 14.5. The van der Waals surface area contributed by atoms with E-state index in [1.807, 2.05) is 48.1 Å². The molecule has 0 aliphatic carbocycles. The molecule has 1 atom stereocenters. The van der Waals surface area contributed by atoms with E-state index in [-0.39, 0.29) is 5.78 Å². The second-order valence-corrected chi connectivity index (χ2v) is 5.36. The SMILES string of the molecule is CCC(C)n1ccc(CC(=O)Cc2ccccc2C)n1. The second-order valence-electron chi connectivity index (χ2n) is 5.36. The zero-order valence-electron chi connectivity index (χ0n) is 12.5. The van der Waals surface area contributed by atoms with Crippen LogP contribution in [-0.4, -0.2) is 15.6 Å². The van der Waals surface area contributed by atoms with Crippen molar-refractivity contribution in [1.29, 1.82) is 0 Å². The molecule has 0 N–H and O–H groups in total. The van der Waals surface area contributed by atoms with Crippen molar-refractivity contribution in [1.82, 2.24) is 9.78 Å². The van der Waals surface area contributed by atoms with E-state index in [0.717, 1.165) is 17.7 Å². The van der Waals surface area contributed by atoms with E-state index in [1.54, 1.807) is 0 Å². The van der Waals surface area contributed by atoms with Crippen molar-refractivity contribution in [2.75, 3.05) is 0 Å². The number of hydrogen-bond acceptors (Lipinski definition) is 2. The summed E-state index contributed by atoms with van der Waals surface area (Å²) in [6, 6.07) is 10.4. The normalized spacial score (nSPS) is 12.3. The summed E-state index contributed by atoms with van der Waals surface area (Å²) in [5.41, 5.74) is 3.15. The molecule has 0 saturated heterocycles. The third kappa shape index (κ3) is 3.56. The topological polar surface area (TPSA) is 34.9 Å². The van der Waals surface area contributed by atoms with Crippen molar-refractivity contribution in [3.8, 4) is 0 Å². The van der Waals surface area contributed by atoms with Crippen LogP contribution in [-0.2, 0) is 17.6 Å². The first-order valence-electron chi connectivity index (χ1n) is 7.20. The number of aromatic nitrogens is 2. The van der Waals surface area contributed by atoms with Crippen molar-refractivity contribution < 1.29 is 4.79 Å². The van der Waals surface area contributed by atoms with Gasteiger partial charge in [0.2, 0.25) is 0 Å². The minimum Gasteiger partial charge on any atom is -0.299 e. The molecule has 20 heavy (non-hydrogen) atoms. The Labute approximate surface area is 120 Å². The van der Waals surface area contributed by atoms with E-state index in [2.05, 4.69) is 18.9 Å². The molecular weight excluding hydrogens is 248 g/mol. The highest BCUT2D eigenvalue weighted by atomic mass is 16.1. The molecule has 2 rings (SSSR count). The van der Waals surface area contributed by atoms with Crippen LogP contribution in [0.1, 0.15) is 43.1 Å². The molecule has 0 fully saturated rings. The maximum absolute atomic E-state index is 12.1. The van der Waals surface area contributed by atoms with Crippen LogP contribution in [0.15, 0.2) is 36.5 Å². The standard InChI is InChI=1S/C17H22N2O/c1-4-14(3)19-10-9-16(18-19)12-17(20)11-15-8-6-5-7-13(15)2/h5-10,14H,4,11-12H2,1-3H3. The van der Waals surface area contributed by atoms with Gasteiger partial charge in [-0.2, -0.15) is 5.10 Å². The first kappa shape index (κ1) is 14.5. The van der Waals surface area contributed by atoms with Crippen LogP contribution in [0.4, 0.5) is 0 Å². The Morgan fingerprint density at radius 2 is 2.00 bits per heavy atom. The third-order valence-corrected chi connectivity index (χ3v) is 3.73. The highest BCUT2D eigenvalue weighted by Crippen LogP contribution is 2.12. The lowest BCUT2D eigenvalue weighted by Gasteiger charge is -2.08. The Kier molecular flexibility index (Phi) is 4.72. The van der Waals surface area contributed by atoms with Crippen molar-refractivity contribution >= 4 is 5.78 Å². The molecule has 3 heteroatoms. The van der Waals surface area contributed by atoms with Gasteiger partial charge >= 0.3 is 0 Å². The fourth-order valence-electron chi connectivity index (χ4n) is 2.19. The quantitative estimate of drug-likeness (QED) is 0.805. The van der Waals surface area contributed by atoms with Gasteiger partial charge in [-0.15, -0.1) is 0 Å². The molecule has 1 aromatic heterocycles. The number of ketones is 1. The lowest BCUT2D eigenvalue weighted by Crippen LogP contribution is -2.10. The van der Waals surface area contributed by atoms with E-state index in [0.29, 0.717) is 18.9 Å². The Morgan fingerprint density at radius 1 is 1.25 bits per heavy atom. The van der Waals surface area contributed by atoms with E-state index in [9.17, 15) is 4.79 Å². The fraction of sp³-hybridized carbons (Fsp3) is 0.412. The molecule has 0 aliphatic heterocycles. The number of rotatable bonds is 6. The van der Waals surface area contributed by atoms with Crippen molar-refractivity contribution in [2.24, 2.45) is 0 Å². The van der Waals surface area contributed by atoms with Crippen LogP contribution in [0.2, 0.25) is 0 Å². The van der Waals surface area contributed by atoms with Crippen molar-refractivity contribution in [3.63, 3.8) is 0 Å². The van der Waals surface area contributed by atoms with E-state index in [4.69, 9.17) is 0 Å². The number of Topliss-reactive ketones (excluding diaryl/α,β-unsaturated/α-hetero) is 1. The first-order chi connectivity index (χ1) is 9.60. The Balaban J connectivity index is 1.98. The number of nitrogens with zero attached hydrogens (tertiary/aromatic N) is 2. The van der Waals surface area contributed by atoms with Gasteiger partial charge in [0.25, 0.3) is 0 Å². The van der Waals surface area contributed by atoms with Gasteiger partial charge in [0.05, 0.1) is 12.1 Å². The molecule has 2 aromatic rings. The fourth-order valence-corrected chi connectivity index (χ4v) is 2.19. The Bertz CT molecular complexity index is 586. The van der Waals surface area contributed by atoms with Gasteiger partial charge in [-0.25, -0.2) is 0 Å². The minimum atomic E-state index is 0.216. The van der Waals surface area contributed by atoms with Crippen LogP contribution in [0.25, 0.3) is 0 Å². The smallest absolute Gasteiger partial charge is 0.143 e. The number of carbonyl (C=O) groups is 1. The van der Waals surface area contributed by atoms with Crippen LogP contribution >= 0.6 is 0 Å². The number of aryl methyl sites for hydroxylation is 1. The summed E-state index contributed by atoms with van der Waals surface area (Å²) in [4.78, 5) is 12.1. The predicted octanol–water partition coefficient (Wildman–Crippen LogP) is 3.52. The Hall–Kier alpha value is -1.90. The summed E-state index contributed by atoms with van der Waals surface area (Å²) in [7, 11) is 0. The summed E-state index contributed by atoms with van der Waals surface area (Å²) >= 11 is 0. The maximum Gasteiger partial charge on any atom is 0.143 e. The second kappa shape index (κ2) is 6.51. The highest BCUT2D eigenvalue weighted by Gasteiger charge is 2.10. The number of carbonyl (C=O) groups excluding carboxylic acids is 1. The van der Waals surface area contributed by atoms with Gasteiger partial charge in [-0.05, 0) is 37.5 Å². The van der Waals surface area contributed by atoms with Crippen LogP contribution in [0.3, 0.4) is 0 Å². The molecule has 0 saturated carbocycles. The van der Waals surface area contributed by atoms with Gasteiger partial charge in [0.15, 0.2) is 0 Å². The van der Waals surface area contributed by atoms with E-state index < -0.39 is 0 Å². The summed E-state index contributed by atoms with van der Waals surface area (Å²) in [6.45, 7) is 6.31. The molecule has 1 aromatic carbocycles. The van der Waals surface area contributed by atoms with Gasteiger partial charge in [0, 0.05) is 18.7 Å². The predicted molar refractivity (Wildman–Crippen MR) is 80.8 cm³/mol. The molecule has 106 valence electrons. The lowest BCUT2D eigenvalue weighted by atomic mass is 10.0. The van der Waals surface area contributed by atoms with Crippen LogP contribution in [0, 0.1) is 6.92 Å². The van der Waals surface area contributed by atoms with Gasteiger partial charge in [-0.1, -0.05) is 31.2 Å². The lowest BCUT2D eigenvalue weighted by molar-refractivity contribution is -0.117. The summed E-state index contributed by atoms with van der Waals surface area (Å²) in [6.07, 6.45) is 3.91. The molecule has 0 radical (unpaired) electrons. The number of benzene rings is 1. The van der Waals surface area contributed by atoms with Crippen LogP contribution < -0.4 is 0 Å². The van der Waals surface area contributed by atoms with E-state index >= 15 is 0 Å². The minimum absolute atomic E-state index is 0.216. The summed E-state index contributed by atoms with van der Waals surface area (Å²) in [5.74, 6) is 0.216. The molecule has 0 spiro atoms. The Morgan fingerprint density at radius 3 is 2.70 bits per heavy atom. The average Bonchev–Trinajstić information content (AvgIpc) is 2.89. The largest absolute Gasteiger partial charge is 0.299 e. The van der Waals surface area contributed by atoms with E-state index in [1.165, 1.54) is 5.56 Å². The zero-order valence-corrected chi connectivity index (χ0v) is 12.5. The average molecular weight is 270 g/mol. The van der Waals surface area contributed by atoms with Crippen molar-refractivity contribution in [3.05, 3.63) is 53.3 Å². The monoisotopic (exact) mass is 270 g/mol. The highest BCUT2D eigenvalue weighted by molar-refractivity contribution is 5.83. The maximum atomic E-state index is 12.1. The first-order valence-corrected chi connectivity index (χ1v) is 7.20. The number of hydrogen-bond donors (Lipinski definition) is 0. The summed E-state index contributed by atoms with van der Waals surface area (Å²) < 4.78 is 1.94. The van der Waals surface area contributed by atoms with Crippen molar-refractivity contribution in [2.45, 2.75) is 46.1 Å². The van der Waals surface area contributed by atoms with Gasteiger partial charge in [-0.3, -0.25) is 9.48 Å². The van der Waals surface area contributed by atoms with Gasteiger partial charge in [0.1, 0.15) is 5.78 Å². The van der Waals surface area contributed by atoms with Gasteiger partial charge < -0.3 is 0 Å². The third-order valence-electron chi connectivity index (χ3n) is 3.73. The molecule has 0 bridgehead atoms. The molecule has 0 amide bonds. The van der Waals surface area contributed by atoms with Crippen LogP contribution in [0.5, 0.6) is 0 Å². The molecule has 3 nitrogen and oxygen atoms in total. The molecule has 1 heterocycles. The molecule has 0 aliphatic rings. The molecule has 1 unspecified atom stereocenters.